The van der Waals surface area contributed by atoms with Gasteiger partial charge in [0.05, 0.1) is 0 Å². The molecule has 1 heterocycles. The Hall–Kier alpha value is -1.28. The number of nitrogens with zero attached hydrogens (tertiary/aromatic N) is 1. The van der Waals surface area contributed by atoms with Crippen molar-refractivity contribution in [1.82, 2.24) is 4.90 Å². The first-order chi connectivity index (χ1) is 11.8. The molecule has 0 aromatic carbocycles. The van der Waals surface area contributed by atoms with Crippen LogP contribution in [0.4, 0.5) is 4.79 Å². The minimum Gasteiger partial charge on any atom is -0.443 e. The number of amides is 2. The molecule has 5 heteroatoms. The number of rotatable bonds is 3. The highest BCUT2D eigenvalue weighted by molar-refractivity contribution is 6.90. The zero-order chi connectivity index (χ0) is 20.3. The lowest BCUT2D eigenvalue weighted by Gasteiger charge is -2.38. The number of hydrogen-bond donors (Lipinski definition) is 0. The van der Waals surface area contributed by atoms with E-state index in [4.69, 9.17) is 4.74 Å². The van der Waals surface area contributed by atoms with Crippen LogP contribution in [0.1, 0.15) is 75.2 Å². The second-order valence-corrected chi connectivity index (χ2v) is 15.0. The Kier molecular flexibility index (Phi) is 7.53. The predicted molar refractivity (Wildman–Crippen MR) is 109 cm³/mol. The normalized spacial score (nSPS) is 19.0. The van der Waals surface area contributed by atoms with Crippen molar-refractivity contribution in [2.75, 3.05) is 6.54 Å². The maximum Gasteiger partial charge on any atom is 0.417 e. The number of ether oxygens (including phenoxy) is 1. The average molecular weight is 380 g/mol. The van der Waals surface area contributed by atoms with E-state index in [0.717, 1.165) is 6.42 Å². The molecule has 0 aromatic heterocycles. The van der Waals surface area contributed by atoms with Crippen LogP contribution < -0.4 is 0 Å². The van der Waals surface area contributed by atoms with Crippen LogP contribution in [0.5, 0.6) is 0 Å². The molecular formula is C21H37NO3Si. The molecule has 148 valence electrons. The second kappa shape index (κ2) is 8.60. The molecule has 0 saturated carbocycles. The smallest absolute Gasteiger partial charge is 0.417 e. The fourth-order valence-corrected chi connectivity index (χ4v) is 9.45. The van der Waals surface area contributed by atoms with Gasteiger partial charge in [-0.3, -0.25) is 4.79 Å². The zero-order valence-electron chi connectivity index (χ0n) is 18.1. The van der Waals surface area contributed by atoms with E-state index in [9.17, 15) is 9.59 Å². The summed E-state index contributed by atoms with van der Waals surface area (Å²) in [6.07, 6.45) is 0.506. The van der Waals surface area contributed by atoms with Crippen molar-refractivity contribution in [3.05, 3.63) is 0 Å². The summed E-state index contributed by atoms with van der Waals surface area (Å²) in [6, 6.07) is 0. The van der Waals surface area contributed by atoms with Gasteiger partial charge in [-0.1, -0.05) is 41.5 Å². The lowest BCUT2D eigenvalue weighted by molar-refractivity contribution is -0.133. The van der Waals surface area contributed by atoms with E-state index < -0.39 is 19.8 Å². The minimum absolute atomic E-state index is 0.0457. The third-order valence-corrected chi connectivity index (χ3v) is 11.7. The Balaban J connectivity index is 2.90. The highest BCUT2D eigenvalue weighted by Gasteiger charge is 2.42. The summed E-state index contributed by atoms with van der Waals surface area (Å²) in [5.74, 6) is 3.33. The van der Waals surface area contributed by atoms with Crippen LogP contribution in [-0.2, 0) is 9.53 Å². The number of carbonyl (C=O) groups excluding carboxylic acids is 2. The minimum atomic E-state index is -1.78. The van der Waals surface area contributed by atoms with Gasteiger partial charge in [0, 0.05) is 18.9 Å². The summed E-state index contributed by atoms with van der Waals surface area (Å²) in [4.78, 5) is 25.8. The van der Waals surface area contributed by atoms with Gasteiger partial charge in [0.2, 0.25) is 5.91 Å². The molecule has 1 aliphatic rings. The predicted octanol–water partition coefficient (Wildman–Crippen LogP) is 5.38. The van der Waals surface area contributed by atoms with Gasteiger partial charge in [-0.25, -0.2) is 9.69 Å². The molecule has 1 rings (SSSR count). The molecule has 0 spiro atoms. The molecule has 1 fully saturated rings. The average Bonchev–Trinajstić information content (AvgIpc) is 2.44. The number of carbonyl (C=O) groups is 2. The monoisotopic (exact) mass is 379 g/mol. The van der Waals surface area contributed by atoms with Crippen molar-refractivity contribution >= 4 is 20.1 Å². The van der Waals surface area contributed by atoms with Crippen molar-refractivity contribution in [3.63, 3.8) is 0 Å². The molecule has 1 aliphatic heterocycles. The van der Waals surface area contributed by atoms with Gasteiger partial charge < -0.3 is 4.74 Å². The molecule has 4 nitrogen and oxygen atoms in total. The molecular weight excluding hydrogens is 342 g/mol. The lowest BCUT2D eigenvalue weighted by atomic mass is 9.97. The summed E-state index contributed by atoms with van der Waals surface area (Å²) >= 11 is 0. The molecule has 0 N–H and O–H groups in total. The molecule has 26 heavy (non-hydrogen) atoms. The first kappa shape index (κ1) is 22.8. The summed E-state index contributed by atoms with van der Waals surface area (Å²) in [5.41, 5.74) is 4.84. The molecule has 0 radical (unpaired) electrons. The SMILES string of the molecule is CC(C)[Si](C#C[C@H]1CCN(C(=O)OC(C)(C)C)C(=O)C1)(C(C)C)C(C)C. The van der Waals surface area contributed by atoms with Gasteiger partial charge in [0.15, 0.2) is 0 Å². The molecule has 0 unspecified atom stereocenters. The fraction of sp³-hybridized carbons (Fsp3) is 0.810. The number of piperidine rings is 1. The van der Waals surface area contributed by atoms with Crippen LogP contribution in [0.25, 0.3) is 0 Å². The molecule has 0 aliphatic carbocycles. The first-order valence-corrected chi connectivity index (χ1v) is 12.1. The fourth-order valence-electron chi connectivity index (χ4n) is 4.13. The zero-order valence-corrected chi connectivity index (χ0v) is 19.1. The van der Waals surface area contributed by atoms with E-state index in [1.807, 2.05) is 20.8 Å². The molecule has 0 aromatic rings. The topological polar surface area (TPSA) is 46.6 Å². The Morgan fingerprint density at radius 3 is 2.00 bits per heavy atom. The van der Waals surface area contributed by atoms with Crippen LogP contribution in [0.2, 0.25) is 16.6 Å². The Bertz CT molecular complexity index is 557. The third kappa shape index (κ3) is 5.36. The standard InChI is InChI=1S/C21H37NO3Si/c1-15(2)26(16(3)4,17(5)6)13-11-18-10-12-22(19(23)14-18)20(24)25-21(7,8)9/h15-18H,10,12,14H2,1-9H3/t18-/m1/s1. The van der Waals surface area contributed by atoms with Crippen molar-refractivity contribution in [2.24, 2.45) is 5.92 Å². The maximum absolute atomic E-state index is 12.4. The van der Waals surface area contributed by atoms with Crippen LogP contribution in [0.3, 0.4) is 0 Å². The molecule has 1 saturated heterocycles. The van der Waals surface area contributed by atoms with E-state index in [1.54, 1.807) is 0 Å². The Morgan fingerprint density at radius 1 is 1.12 bits per heavy atom. The van der Waals surface area contributed by atoms with Crippen LogP contribution in [0.15, 0.2) is 0 Å². The van der Waals surface area contributed by atoms with Gasteiger partial charge in [-0.05, 0) is 43.8 Å². The highest BCUT2D eigenvalue weighted by Crippen LogP contribution is 2.41. The van der Waals surface area contributed by atoms with Gasteiger partial charge in [-0.15, -0.1) is 11.5 Å². The van der Waals surface area contributed by atoms with E-state index in [-0.39, 0.29) is 11.8 Å². The first-order valence-electron chi connectivity index (χ1n) is 9.87. The largest absolute Gasteiger partial charge is 0.443 e. The summed E-state index contributed by atoms with van der Waals surface area (Å²) in [7, 11) is -1.78. The van der Waals surface area contributed by atoms with E-state index >= 15 is 0 Å². The molecule has 0 bridgehead atoms. The van der Waals surface area contributed by atoms with Gasteiger partial charge in [0.25, 0.3) is 0 Å². The summed E-state index contributed by atoms with van der Waals surface area (Å²) in [5, 5.41) is 0. The summed E-state index contributed by atoms with van der Waals surface area (Å²) in [6.45, 7) is 19.5. The summed E-state index contributed by atoms with van der Waals surface area (Å²) < 4.78 is 5.33. The van der Waals surface area contributed by atoms with E-state index in [0.29, 0.717) is 29.6 Å². The quantitative estimate of drug-likeness (QED) is 0.488. The second-order valence-electron chi connectivity index (χ2n) is 9.38. The van der Waals surface area contributed by atoms with Crippen LogP contribution >= 0.6 is 0 Å². The Labute approximate surface area is 161 Å². The highest BCUT2D eigenvalue weighted by atomic mass is 28.3. The maximum atomic E-state index is 12.4. The van der Waals surface area contributed by atoms with Crippen molar-refractivity contribution in [1.29, 1.82) is 0 Å². The van der Waals surface area contributed by atoms with Crippen molar-refractivity contribution in [3.8, 4) is 11.5 Å². The molecule has 1 atom stereocenters. The Morgan fingerprint density at radius 2 is 1.62 bits per heavy atom. The van der Waals surface area contributed by atoms with Crippen LogP contribution in [0, 0.1) is 17.4 Å². The van der Waals surface area contributed by atoms with Gasteiger partial charge in [0.1, 0.15) is 13.7 Å². The van der Waals surface area contributed by atoms with Crippen molar-refractivity contribution in [2.45, 2.75) is 97.4 Å². The lowest BCUT2D eigenvalue weighted by Crippen LogP contribution is -2.45. The molecule has 2 amide bonds. The third-order valence-electron chi connectivity index (χ3n) is 5.40. The van der Waals surface area contributed by atoms with Crippen LogP contribution in [-0.4, -0.2) is 37.1 Å². The number of hydrogen-bond acceptors (Lipinski definition) is 3. The van der Waals surface area contributed by atoms with E-state index in [2.05, 4.69) is 53.0 Å². The number of imide groups is 1. The van der Waals surface area contributed by atoms with E-state index in [1.165, 1.54) is 4.90 Å². The van der Waals surface area contributed by atoms with Gasteiger partial charge in [-0.2, -0.15) is 0 Å². The van der Waals surface area contributed by atoms with Gasteiger partial charge >= 0.3 is 6.09 Å². The van der Waals surface area contributed by atoms with Crippen molar-refractivity contribution < 1.29 is 14.3 Å². The number of likely N-dealkylation sites (tertiary alicyclic amines) is 1.